The summed E-state index contributed by atoms with van der Waals surface area (Å²) in [5.41, 5.74) is 3.26. The van der Waals surface area contributed by atoms with E-state index in [2.05, 4.69) is 10.2 Å². The fourth-order valence-corrected chi connectivity index (χ4v) is 3.71. The van der Waals surface area contributed by atoms with E-state index >= 15 is 0 Å². The largest absolute Gasteiger partial charge is 0.368 e. The van der Waals surface area contributed by atoms with Crippen molar-refractivity contribution in [1.82, 2.24) is 4.90 Å². The first-order valence-corrected chi connectivity index (χ1v) is 10.1. The Bertz CT molecular complexity index is 885. The standard InChI is InChI=1S/C22H24ClN3O2/c1-15-19(23)3-2-4-20(15)24-21(27)16-7-9-18(10-8-16)25-11-13-26(14-12-25)22(28)17-5-6-17/h2-4,7-10,17H,5-6,11-14H2,1H3,(H,24,27). The minimum Gasteiger partial charge on any atom is -0.368 e. The number of nitrogens with zero attached hydrogens (tertiary/aromatic N) is 2. The van der Waals surface area contributed by atoms with E-state index in [0.29, 0.717) is 16.5 Å². The number of piperazine rings is 1. The van der Waals surface area contributed by atoms with Gasteiger partial charge in [0.05, 0.1) is 0 Å². The van der Waals surface area contributed by atoms with Crippen molar-refractivity contribution in [3.05, 3.63) is 58.6 Å². The van der Waals surface area contributed by atoms with E-state index in [9.17, 15) is 9.59 Å². The third-order valence-electron chi connectivity index (χ3n) is 5.53. The lowest BCUT2D eigenvalue weighted by Gasteiger charge is -2.36. The lowest BCUT2D eigenvalue weighted by Crippen LogP contribution is -2.49. The molecule has 1 N–H and O–H groups in total. The van der Waals surface area contributed by atoms with Gasteiger partial charge in [0, 0.05) is 54.1 Å². The Labute approximate surface area is 170 Å². The van der Waals surface area contributed by atoms with Gasteiger partial charge in [-0.1, -0.05) is 17.7 Å². The molecule has 0 bridgehead atoms. The van der Waals surface area contributed by atoms with Crippen LogP contribution in [0.15, 0.2) is 42.5 Å². The van der Waals surface area contributed by atoms with Crippen LogP contribution in [0.4, 0.5) is 11.4 Å². The van der Waals surface area contributed by atoms with E-state index in [-0.39, 0.29) is 11.8 Å². The Kier molecular flexibility index (Phi) is 5.27. The van der Waals surface area contributed by atoms with Crippen molar-refractivity contribution in [2.24, 2.45) is 5.92 Å². The highest BCUT2D eigenvalue weighted by molar-refractivity contribution is 6.31. The molecule has 4 rings (SSSR count). The number of hydrogen-bond donors (Lipinski definition) is 1. The third-order valence-corrected chi connectivity index (χ3v) is 5.94. The molecule has 2 aromatic rings. The van der Waals surface area contributed by atoms with Gasteiger partial charge in [0.2, 0.25) is 5.91 Å². The topological polar surface area (TPSA) is 52.7 Å². The number of carbonyl (C=O) groups is 2. The van der Waals surface area contributed by atoms with Gasteiger partial charge in [-0.2, -0.15) is 0 Å². The number of benzene rings is 2. The van der Waals surface area contributed by atoms with Crippen LogP contribution < -0.4 is 10.2 Å². The van der Waals surface area contributed by atoms with E-state index in [0.717, 1.165) is 56.0 Å². The molecule has 2 amide bonds. The first-order valence-electron chi connectivity index (χ1n) is 9.73. The van der Waals surface area contributed by atoms with Crippen LogP contribution in [0.3, 0.4) is 0 Å². The molecule has 1 saturated carbocycles. The Hall–Kier alpha value is -2.53. The molecule has 0 aromatic heterocycles. The lowest BCUT2D eigenvalue weighted by molar-refractivity contribution is -0.132. The molecule has 28 heavy (non-hydrogen) atoms. The molecule has 146 valence electrons. The molecule has 0 unspecified atom stereocenters. The van der Waals surface area contributed by atoms with Crippen LogP contribution >= 0.6 is 11.6 Å². The molecule has 0 spiro atoms. The monoisotopic (exact) mass is 397 g/mol. The quantitative estimate of drug-likeness (QED) is 0.849. The number of carbonyl (C=O) groups excluding carboxylic acids is 2. The van der Waals surface area contributed by atoms with Crippen LogP contribution in [0, 0.1) is 12.8 Å². The SMILES string of the molecule is Cc1c(Cl)cccc1NC(=O)c1ccc(N2CCN(C(=O)C3CC3)CC2)cc1. The summed E-state index contributed by atoms with van der Waals surface area (Å²) in [7, 11) is 0. The summed E-state index contributed by atoms with van der Waals surface area (Å²) < 4.78 is 0. The number of hydrogen-bond acceptors (Lipinski definition) is 3. The van der Waals surface area contributed by atoms with Crippen molar-refractivity contribution in [3.8, 4) is 0 Å². The Balaban J connectivity index is 1.36. The van der Waals surface area contributed by atoms with Crippen molar-refractivity contribution in [2.45, 2.75) is 19.8 Å². The van der Waals surface area contributed by atoms with Gasteiger partial charge in [0.25, 0.3) is 5.91 Å². The van der Waals surface area contributed by atoms with Crippen LogP contribution in [0.2, 0.25) is 5.02 Å². The van der Waals surface area contributed by atoms with Gasteiger partial charge < -0.3 is 15.1 Å². The summed E-state index contributed by atoms with van der Waals surface area (Å²) in [5, 5.41) is 3.55. The molecule has 5 nitrogen and oxygen atoms in total. The number of rotatable bonds is 4. The highest BCUT2D eigenvalue weighted by Crippen LogP contribution is 2.31. The van der Waals surface area contributed by atoms with Gasteiger partial charge in [-0.25, -0.2) is 0 Å². The van der Waals surface area contributed by atoms with E-state index in [4.69, 9.17) is 11.6 Å². The summed E-state index contributed by atoms with van der Waals surface area (Å²) in [5.74, 6) is 0.451. The number of anilines is 2. The van der Waals surface area contributed by atoms with E-state index in [1.54, 1.807) is 6.07 Å². The van der Waals surface area contributed by atoms with Gasteiger partial charge in [0.15, 0.2) is 0 Å². The summed E-state index contributed by atoms with van der Waals surface area (Å²) in [6, 6.07) is 13.1. The molecule has 2 aromatic carbocycles. The van der Waals surface area contributed by atoms with Crippen LogP contribution in [-0.4, -0.2) is 42.9 Å². The van der Waals surface area contributed by atoms with Gasteiger partial charge in [-0.05, 0) is 61.7 Å². The lowest BCUT2D eigenvalue weighted by atomic mass is 10.1. The molecule has 2 aliphatic rings. The number of nitrogens with one attached hydrogen (secondary N) is 1. The molecular weight excluding hydrogens is 374 g/mol. The minimum absolute atomic E-state index is 0.156. The predicted octanol–water partition coefficient (Wildman–Crippen LogP) is 3.96. The van der Waals surface area contributed by atoms with Crippen molar-refractivity contribution in [1.29, 1.82) is 0 Å². The third kappa shape index (κ3) is 3.99. The normalized spacial score (nSPS) is 16.8. The second-order valence-corrected chi connectivity index (χ2v) is 7.91. The average Bonchev–Trinajstić information content (AvgIpc) is 3.56. The fraction of sp³-hybridized carbons (Fsp3) is 0.364. The van der Waals surface area contributed by atoms with Gasteiger partial charge in [-0.3, -0.25) is 9.59 Å². The zero-order valence-corrected chi connectivity index (χ0v) is 16.7. The highest BCUT2D eigenvalue weighted by atomic mass is 35.5. The van der Waals surface area contributed by atoms with Gasteiger partial charge in [0.1, 0.15) is 0 Å². The maximum absolute atomic E-state index is 12.5. The number of amides is 2. The molecule has 1 aliphatic heterocycles. The molecule has 6 heteroatoms. The van der Waals surface area contributed by atoms with Gasteiger partial charge >= 0.3 is 0 Å². The zero-order chi connectivity index (χ0) is 19.7. The molecule has 0 radical (unpaired) electrons. The van der Waals surface area contributed by atoms with Gasteiger partial charge in [-0.15, -0.1) is 0 Å². The zero-order valence-electron chi connectivity index (χ0n) is 16.0. The van der Waals surface area contributed by atoms with E-state index in [1.807, 2.05) is 48.2 Å². The second kappa shape index (κ2) is 7.84. The van der Waals surface area contributed by atoms with Crippen LogP contribution in [0.25, 0.3) is 0 Å². The summed E-state index contributed by atoms with van der Waals surface area (Å²) >= 11 is 6.12. The molecule has 1 aliphatic carbocycles. The summed E-state index contributed by atoms with van der Waals surface area (Å²) in [6.07, 6.45) is 2.11. The maximum Gasteiger partial charge on any atom is 0.255 e. The molecule has 2 fully saturated rings. The van der Waals surface area contributed by atoms with Crippen molar-refractivity contribution in [3.63, 3.8) is 0 Å². The van der Waals surface area contributed by atoms with Crippen molar-refractivity contribution < 1.29 is 9.59 Å². The molecular formula is C22H24ClN3O2. The molecule has 1 heterocycles. The summed E-state index contributed by atoms with van der Waals surface area (Å²) in [6.45, 7) is 5.07. The smallest absolute Gasteiger partial charge is 0.255 e. The van der Waals surface area contributed by atoms with Crippen LogP contribution in [0.5, 0.6) is 0 Å². The first kappa shape index (κ1) is 18.8. The van der Waals surface area contributed by atoms with E-state index < -0.39 is 0 Å². The minimum atomic E-state index is -0.156. The Morgan fingerprint density at radius 2 is 1.68 bits per heavy atom. The Morgan fingerprint density at radius 1 is 1.00 bits per heavy atom. The maximum atomic E-state index is 12.5. The molecule has 1 saturated heterocycles. The highest BCUT2D eigenvalue weighted by Gasteiger charge is 2.34. The van der Waals surface area contributed by atoms with Crippen molar-refractivity contribution in [2.75, 3.05) is 36.4 Å². The summed E-state index contributed by atoms with van der Waals surface area (Å²) in [4.78, 5) is 29.0. The molecule has 0 atom stereocenters. The predicted molar refractivity (Wildman–Crippen MR) is 112 cm³/mol. The van der Waals surface area contributed by atoms with E-state index in [1.165, 1.54) is 0 Å². The fourth-order valence-electron chi connectivity index (χ4n) is 3.53. The van der Waals surface area contributed by atoms with Crippen LogP contribution in [-0.2, 0) is 4.79 Å². The number of halogens is 1. The second-order valence-electron chi connectivity index (χ2n) is 7.50. The van der Waals surface area contributed by atoms with Crippen molar-refractivity contribution >= 4 is 34.8 Å². The van der Waals surface area contributed by atoms with Crippen LogP contribution in [0.1, 0.15) is 28.8 Å². The Morgan fingerprint density at radius 3 is 2.32 bits per heavy atom. The first-order chi connectivity index (χ1) is 13.5. The average molecular weight is 398 g/mol.